The Labute approximate surface area is 168 Å². The number of benzene rings is 2. The minimum Gasteiger partial charge on any atom is -0.496 e. The number of methoxy groups -OCH3 is 1. The first-order valence-electron chi connectivity index (χ1n) is 9.62. The van der Waals surface area contributed by atoms with E-state index in [1.54, 1.807) is 7.11 Å². The van der Waals surface area contributed by atoms with Crippen molar-refractivity contribution in [3.05, 3.63) is 83.7 Å². The number of hydrogen-bond acceptors (Lipinski definition) is 5. The molecule has 5 heteroatoms. The van der Waals surface area contributed by atoms with Gasteiger partial charge in [-0.25, -0.2) is 0 Å². The molecule has 0 atom stereocenters. The van der Waals surface area contributed by atoms with Crippen LogP contribution in [0.15, 0.2) is 72.6 Å². The molecular formula is C23H30N4O. The molecule has 0 radical (unpaired) electrons. The summed E-state index contributed by atoms with van der Waals surface area (Å²) in [5.74, 6) is 0.889. The van der Waals surface area contributed by atoms with Crippen molar-refractivity contribution >= 4 is 5.69 Å². The SMILES string of the molecule is C=CN(Cc1ccccc1OC)NC1=C(C)CN(Cc2ccc(N)cc2)CC1. The zero-order valence-electron chi connectivity index (χ0n) is 16.8. The molecule has 0 spiro atoms. The first kappa shape index (κ1) is 19.8. The van der Waals surface area contributed by atoms with Crippen LogP contribution in [0.4, 0.5) is 5.69 Å². The zero-order chi connectivity index (χ0) is 19.9. The van der Waals surface area contributed by atoms with Gasteiger partial charge in [-0.2, -0.15) is 0 Å². The van der Waals surface area contributed by atoms with Crippen molar-refractivity contribution in [1.29, 1.82) is 0 Å². The van der Waals surface area contributed by atoms with Gasteiger partial charge < -0.3 is 15.9 Å². The summed E-state index contributed by atoms with van der Waals surface area (Å²) in [6.45, 7) is 9.76. The van der Waals surface area contributed by atoms with E-state index in [4.69, 9.17) is 10.5 Å². The van der Waals surface area contributed by atoms with Crippen molar-refractivity contribution < 1.29 is 4.74 Å². The van der Waals surface area contributed by atoms with E-state index in [2.05, 4.69) is 42.0 Å². The molecule has 0 aliphatic carbocycles. The number of ether oxygens (including phenoxy) is 1. The van der Waals surface area contributed by atoms with Crippen molar-refractivity contribution in [3.63, 3.8) is 0 Å². The van der Waals surface area contributed by atoms with Crippen LogP contribution in [0.5, 0.6) is 5.75 Å². The minimum atomic E-state index is 0.694. The van der Waals surface area contributed by atoms with E-state index in [1.807, 2.05) is 41.5 Å². The Bertz CT molecular complexity index is 829. The van der Waals surface area contributed by atoms with Crippen LogP contribution in [-0.2, 0) is 13.1 Å². The highest BCUT2D eigenvalue weighted by Gasteiger charge is 2.18. The molecule has 5 nitrogen and oxygen atoms in total. The molecule has 0 fully saturated rings. The van der Waals surface area contributed by atoms with Gasteiger partial charge in [0.15, 0.2) is 0 Å². The molecule has 3 rings (SSSR count). The molecule has 1 aliphatic rings. The maximum atomic E-state index is 5.78. The van der Waals surface area contributed by atoms with Crippen molar-refractivity contribution in [2.24, 2.45) is 0 Å². The van der Waals surface area contributed by atoms with Crippen LogP contribution in [0.1, 0.15) is 24.5 Å². The average molecular weight is 379 g/mol. The summed E-state index contributed by atoms with van der Waals surface area (Å²) >= 11 is 0. The summed E-state index contributed by atoms with van der Waals surface area (Å²) in [4.78, 5) is 2.46. The highest BCUT2D eigenvalue weighted by Crippen LogP contribution is 2.21. The van der Waals surface area contributed by atoms with E-state index in [0.29, 0.717) is 6.54 Å². The third-order valence-electron chi connectivity index (χ3n) is 5.07. The second-order valence-corrected chi connectivity index (χ2v) is 7.20. The summed E-state index contributed by atoms with van der Waals surface area (Å²) < 4.78 is 5.46. The summed E-state index contributed by atoms with van der Waals surface area (Å²) in [6, 6.07) is 16.2. The maximum Gasteiger partial charge on any atom is 0.123 e. The van der Waals surface area contributed by atoms with E-state index >= 15 is 0 Å². The Morgan fingerprint density at radius 2 is 1.96 bits per heavy atom. The number of nitrogens with one attached hydrogen (secondary N) is 1. The zero-order valence-corrected chi connectivity index (χ0v) is 16.8. The molecule has 2 aromatic carbocycles. The van der Waals surface area contributed by atoms with E-state index in [-0.39, 0.29) is 0 Å². The molecule has 0 saturated heterocycles. The molecule has 0 unspecified atom stereocenters. The number of anilines is 1. The predicted molar refractivity (Wildman–Crippen MR) is 115 cm³/mol. The van der Waals surface area contributed by atoms with Crippen molar-refractivity contribution in [2.45, 2.75) is 26.4 Å². The maximum absolute atomic E-state index is 5.78. The smallest absolute Gasteiger partial charge is 0.123 e. The van der Waals surface area contributed by atoms with Gasteiger partial charge in [0.05, 0.1) is 13.7 Å². The third-order valence-corrected chi connectivity index (χ3v) is 5.07. The minimum absolute atomic E-state index is 0.694. The Hall–Kier alpha value is -2.92. The van der Waals surface area contributed by atoms with Crippen LogP contribution in [0.25, 0.3) is 0 Å². The lowest BCUT2D eigenvalue weighted by molar-refractivity contribution is 0.239. The molecule has 1 aliphatic heterocycles. The van der Waals surface area contributed by atoms with Gasteiger partial charge in [0.1, 0.15) is 5.75 Å². The molecule has 0 aromatic heterocycles. The van der Waals surface area contributed by atoms with Gasteiger partial charge in [-0.3, -0.25) is 9.91 Å². The lowest BCUT2D eigenvalue weighted by Gasteiger charge is -2.33. The van der Waals surface area contributed by atoms with Crippen LogP contribution < -0.4 is 15.9 Å². The largest absolute Gasteiger partial charge is 0.496 e. The third kappa shape index (κ3) is 5.08. The summed E-state index contributed by atoms with van der Waals surface area (Å²) in [5, 5.41) is 2.02. The lowest BCUT2D eigenvalue weighted by Crippen LogP contribution is -2.39. The molecule has 3 N–H and O–H groups in total. The average Bonchev–Trinajstić information content (AvgIpc) is 2.71. The fraction of sp³-hybridized carbons (Fsp3) is 0.304. The van der Waals surface area contributed by atoms with E-state index in [1.165, 1.54) is 16.8 Å². The second-order valence-electron chi connectivity index (χ2n) is 7.20. The molecule has 0 bridgehead atoms. The van der Waals surface area contributed by atoms with Crippen molar-refractivity contribution in [3.8, 4) is 5.75 Å². The Balaban J connectivity index is 1.61. The standard InChI is InChI=1S/C23H30N4O/c1-4-27(17-20-7-5-6-8-23(20)28-3)25-22-13-14-26(15-18(22)2)16-19-9-11-21(24)12-10-19/h4-12,25H,1,13-17,24H2,2-3H3. The van der Waals surface area contributed by atoms with Gasteiger partial charge in [-0.05, 0) is 36.3 Å². The van der Waals surface area contributed by atoms with Crippen LogP contribution >= 0.6 is 0 Å². The first-order valence-corrected chi connectivity index (χ1v) is 9.62. The molecule has 0 saturated carbocycles. The number of nitrogens with zero attached hydrogens (tertiary/aromatic N) is 2. The monoisotopic (exact) mass is 378 g/mol. The number of hydrazine groups is 1. The molecule has 2 aromatic rings. The molecule has 28 heavy (non-hydrogen) atoms. The lowest BCUT2D eigenvalue weighted by atomic mass is 10.1. The van der Waals surface area contributed by atoms with E-state index in [0.717, 1.165) is 43.1 Å². The number of para-hydroxylation sites is 1. The fourth-order valence-electron chi connectivity index (χ4n) is 3.50. The van der Waals surface area contributed by atoms with Gasteiger partial charge in [0.25, 0.3) is 0 Å². The van der Waals surface area contributed by atoms with Crippen LogP contribution in [-0.4, -0.2) is 30.1 Å². The Morgan fingerprint density at radius 1 is 1.21 bits per heavy atom. The van der Waals surface area contributed by atoms with Gasteiger partial charge in [-0.15, -0.1) is 0 Å². The van der Waals surface area contributed by atoms with Gasteiger partial charge in [0.2, 0.25) is 0 Å². The van der Waals surface area contributed by atoms with E-state index < -0.39 is 0 Å². The molecular weight excluding hydrogens is 348 g/mol. The highest BCUT2D eigenvalue weighted by atomic mass is 16.5. The van der Waals surface area contributed by atoms with Crippen molar-refractivity contribution in [2.75, 3.05) is 25.9 Å². The number of nitrogens with two attached hydrogens (primary N) is 1. The van der Waals surface area contributed by atoms with Gasteiger partial charge in [-0.1, -0.05) is 36.9 Å². The van der Waals surface area contributed by atoms with Crippen molar-refractivity contribution in [1.82, 2.24) is 15.3 Å². The quantitative estimate of drug-likeness (QED) is 0.539. The molecule has 148 valence electrons. The predicted octanol–water partition coefficient (Wildman–Crippen LogP) is 3.91. The Kier molecular flexibility index (Phi) is 6.61. The summed E-state index contributed by atoms with van der Waals surface area (Å²) in [7, 11) is 1.70. The summed E-state index contributed by atoms with van der Waals surface area (Å²) in [6.07, 6.45) is 2.81. The van der Waals surface area contributed by atoms with Crippen LogP contribution in [0.2, 0.25) is 0 Å². The number of hydrogen-bond donors (Lipinski definition) is 2. The number of nitrogen functional groups attached to an aromatic ring is 1. The highest BCUT2D eigenvalue weighted by molar-refractivity contribution is 5.39. The fourth-order valence-corrected chi connectivity index (χ4v) is 3.50. The van der Waals surface area contributed by atoms with Crippen LogP contribution in [0.3, 0.4) is 0 Å². The number of rotatable bonds is 8. The van der Waals surface area contributed by atoms with E-state index in [9.17, 15) is 0 Å². The second kappa shape index (κ2) is 9.33. The molecule has 1 heterocycles. The first-order chi connectivity index (χ1) is 13.6. The Morgan fingerprint density at radius 3 is 2.64 bits per heavy atom. The topological polar surface area (TPSA) is 53.8 Å². The summed E-state index contributed by atoms with van der Waals surface area (Å²) in [5.41, 5.74) is 15.2. The van der Waals surface area contributed by atoms with Gasteiger partial charge in [0, 0.05) is 49.2 Å². The van der Waals surface area contributed by atoms with Gasteiger partial charge >= 0.3 is 0 Å². The normalized spacial score (nSPS) is 14.6. The van der Waals surface area contributed by atoms with Crippen LogP contribution in [0, 0.1) is 0 Å². The molecule has 0 amide bonds.